The van der Waals surface area contributed by atoms with Crippen molar-refractivity contribution >= 4 is 23.0 Å². The van der Waals surface area contributed by atoms with Gasteiger partial charge < -0.3 is 20.1 Å². The lowest BCUT2D eigenvalue weighted by molar-refractivity contribution is 0.0351. The van der Waals surface area contributed by atoms with Crippen LogP contribution in [0.1, 0.15) is 62.9 Å². The predicted octanol–water partition coefficient (Wildman–Crippen LogP) is 3.91. The molecule has 4 N–H and O–H groups in total. The highest BCUT2D eigenvalue weighted by Gasteiger charge is 2.36. The van der Waals surface area contributed by atoms with Gasteiger partial charge in [-0.2, -0.15) is 0 Å². The largest absolute Gasteiger partial charge is 0.382 e. The quantitative estimate of drug-likeness (QED) is 0.463. The summed E-state index contributed by atoms with van der Waals surface area (Å²) in [6.07, 6.45) is 7.32. The summed E-state index contributed by atoms with van der Waals surface area (Å²) in [6, 6.07) is 1.24. The first-order valence-corrected chi connectivity index (χ1v) is 11.4. The van der Waals surface area contributed by atoms with Crippen molar-refractivity contribution in [3.05, 3.63) is 35.7 Å². The van der Waals surface area contributed by atoms with Crippen LogP contribution < -0.4 is 10.6 Å². The molecule has 1 saturated heterocycles. The number of aliphatic hydroxyl groups is 1. The van der Waals surface area contributed by atoms with E-state index in [2.05, 4.69) is 30.6 Å². The van der Waals surface area contributed by atoms with E-state index in [9.17, 15) is 9.90 Å². The number of rotatable bonds is 5. The molecule has 1 aliphatic heterocycles. The van der Waals surface area contributed by atoms with Gasteiger partial charge in [0.05, 0.1) is 17.1 Å². The van der Waals surface area contributed by atoms with Gasteiger partial charge in [0.2, 0.25) is 5.95 Å². The van der Waals surface area contributed by atoms with E-state index in [0.717, 1.165) is 19.3 Å². The zero-order valence-corrected chi connectivity index (χ0v) is 18.4. The number of hydrogen-bond acceptors (Lipinski definition) is 6. The number of urea groups is 1. The number of H-pyrrole nitrogens is 1. The molecular weight excluding hydrogens is 427 g/mol. The van der Waals surface area contributed by atoms with Crippen molar-refractivity contribution in [2.24, 2.45) is 0 Å². The summed E-state index contributed by atoms with van der Waals surface area (Å²) in [5, 5.41) is 16.0. The van der Waals surface area contributed by atoms with Crippen LogP contribution in [0.15, 0.2) is 18.5 Å². The van der Waals surface area contributed by atoms with E-state index in [4.69, 9.17) is 4.74 Å². The zero-order chi connectivity index (χ0) is 23.0. The number of nitrogens with one attached hydrogen (secondary N) is 3. The molecule has 0 unspecified atom stereocenters. The number of carbonyl (C=O) groups excluding carboxylic acids is 1. The number of ether oxygens (including phenoxy) is 1. The molecule has 10 heteroatoms. The highest BCUT2D eigenvalue weighted by atomic mass is 19.1. The van der Waals surface area contributed by atoms with E-state index in [-0.39, 0.29) is 5.95 Å². The average Bonchev–Trinajstić information content (AvgIpc) is 3.55. The lowest BCUT2D eigenvalue weighted by Gasteiger charge is -2.20. The van der Waals surface area contributed by atoms with Gasteiger partial charge in [-0.3, -0.25) is 5.32 Å². The minimum absolute atomic E-state index is 0.224. The second kappa shape index (κ2) is 8.68. The molecule has 0 bridgehead atoms. The molecular formula is C23H27FN6O3. The summed E-state index contributed by atoms with van der Waals surface area (Å²) >= 11 is 0. The fraction of sp³-hybridized carbons (Fsp3) is 0.478. The highest BCUT2D eigenvalue weighted by molar-refractivity contribution is 5.92. The van der Waals surface area contributed by atoms with E-state index < -0.39 is 23.6 Å². The lowest BCUT2D eigenvalue weighted by atomic mass is 9.97. The molecule has 5 rings (SSSR count). The van der Waals surface area contributed by atoms with Crippen molar-refractivity contribution in [1.82, 2.24) is 25.3 Å². The fourth-order valence-electron chi connectivity index (χ4n) is 4.72. The third-order valence-corrected chi connectivity index (χ3v) is 6.38. The smallest absolute Gasteiger partial charge is 0.321 e. The minimum Gasteiger partial charge on any atom is -0.382 e. The Hall–Kier alpha value is -3.11. The summed E-state index contributed by atoms with van der Waals surface area (Å²) in [5.41, 5.74) is 1.15. The topological polar surface area (TPSA) is 125 Å². The number of hydrogen-bond donors (Lipinski definition) is 4. The second-order valence-corrected chi connectivity index (χ2v) is 8.65. The van der Waals surface area contributed by atoms with Gasteiger partial charge in [-0.15, -0.1) is 0 Å². The van der Waals surface area contributed by atoms with Crippen LogP contribution in [-0.4, -0.2) is 44.2 Å². The Morgan fingerprint density at radius 3 is 2.73 bits per heavy atom. The SMILES string of the molecule is CCNC(=O)Nc1nc2c([C@H]3CCCO3)c(F)c(-c3cnc(C4(O)CCCC4)nc3)cc2[nH]1. The Morgan fingerprint density at radius 2 is 2.06 bits per heavy atom. The minimum atomic E-state index is -1.01. The molecule has 174 valence electrons. The number of fused-ring (bicyclic) bond motifs is 1. The maximum Gasteiger partial charge on any atom is 0.321 e. The van der Waals surface area contributed by atoms with Gasteiger partial charge in [0, 0.05) is 42.2 Å². The Balaban J connectivity index is 1.57. The molecule has 3 heterocycles. The van der Waals surface area contributed by atoms with Gasteiger partial charge in [-0.1, -0.05) is 0 Å². The molecule has 2 fully saturated rings. The van der Waals surface area contributed by atoms with Crippen LogP contribution in [0.3, 0.4) is 0 Å². The number of imidazole rings is 1. The molecule has 1 saturated carbocycles. The second-order valence-electron chi connectivity index (χ2n) is 8.65. The van der Waals surface area contributed by atoms with Crippen LogP contribution >= 0.6 is 0 Å². The van der Waals surface area contributed by atoms with E-state index in [0.29, 0.717) is 66.0 Å². The highest BCUT2D eigenvalue weighted by Crippen LogP contribution is 2.40. The molecule has 1 atom stereocenters. The standard InChI is InChI=1S/C23H27FN6O3/c1-2-25-22(31)30-21-28-15-10-14(18(24)17(19(15)29-21)16-6-5-9-33-16)13-11-26-20(27-12-13)23(32)7-3-4-8-23/h10-12,16,32H,2-9H2,1H3,(H3,25,28,29,30,31)/t16-/m1/s1. The Labute approximate surface area is 190 Å². The molecule has 1 aliphatic carbocycles. The van der Waals surface area contributed by atoms with Crippen molar-refractivity contribution in [2.45, 2.75) is 57.2 Å². The number of nitrogens with zero attached hydrogens (tertiary/aromatic N) is 3. The molecule has 1 aromatic carbocycles. The van der Waals surface area contributed by atoms with Gasteiger partial charge in [0.15, 0.2) is 5.82 Å². The monoisotopic (exact) mass is 454 g/mol. The van der Waals surface area contributed by atoms with Crippen molar-refractivity contribution in [1.29, 1.82) is 0 Å². The number of amides is 2. The maximum absolute atomic E-state index is 15.9. The fourth-order valence-corrected chi connectivity index (χ4v) is 4.72. The molecule has 0 radical (unpaired) electrons. The number of benzene rings is 1. The van der Waals surface area contributed by atoms with Crippen LogP contribution in [0.4, 0.5) is 15.1 Å². The lowest BCUT2D eigenvalue weighted by Crippen LogP contribution is -2.28. The Morgan fingerprint density at radius 1 is 1.30 bits per heavy atom. The molecule has 3 aromatic rings. The van der Waals surface area contributed by atoms with Crippen LogP contribution in [0, 0.1) is 5.82 Å². The number of carbonyl (C=O) groups is 1. The normalized spacial score (nSPS) is 19.8. The zero-order valence-electron chi connectivity index (χ0n) is 18.4. The van der Waals surface area contributed by atoms with E-state index in [1.807, 2.05) is 6.92 Å². The van der Waals surface area contributed by atoms with Crippen molar-refractivity contribution in [2.75, 3.05) is 18.5 Å². The number of aromatic amines is 1. The van der Waals surface area contributed by atoms with Crippen molar-refractivity contribution in [3.8, 4) is 11.1 Å². The first kappa shape index (κ1) is 21.7. The first-order chi connectivity index (χ1) is 16.0. The first-order valence-electron chi connectivity index (χ1n) is 11.4. The van der Waals surface area contributed by atoms with Crippen LogP contribution in [0.2, 0.25) is 0 Å². The van der Waals surface area contributed by atoms with Gasteiger partial charge in [-0.25, -0.2) is 24.1 Å². The van der Waals surface area contributed by atoms with Gasteiger partial charge in [0.25, 0.3) is 0 Å². The Kier molecular flexibility index (Phi) is 5.71. The predicted molar refractivity (Wildman–Crippen MR) is 120 cm³/mol. The molecule has 2 aromatic heterocycles. The molecule has 0 spiro atoms. The van der Waals surface area contributed by atoms with Gasteiger partial charge in [0.1, 0.15) is 11.4 Å². The maximum atomic E-state index is 15.9. The third-order valence-electron chi connectivity index (χ3n) is 6.38. The van der Waals surface area contributed by atoms with E-state index >= 15 is 4.39 Å². The number of anilines is 1. The number of halogens is 1. The molecule has 33 heavy (non-hydrogen) atoms. The van der Waals surface area contributed by atoms with Crippen LogP contribution in [0.5, 0.6) is 0 Å². The van der Waals surface area contributed by atoms with Crippen molar-refractivity contribution in [3.63, 3.8) is 0 Å². The molecule has 9 nitrogen and oxygen atoms in total. The third kappa shape index (κ3) is 4.04. The average molecular weight is 455 g/mol. The van der Waals surface area contributed by atoms with E-state index in [1.54, 1.807) is 18.5 Å². The van der Waals surface area contributed by atoms with Crippen LogP contribution in [0.25, 0.3) is 22.2 Å². The molecule has 2 amide bonds. The van der Waals surface area contributed by atoms with Crippen molar-refractivity contribution < 1.29 is 19.0 Å². The summed E-state index contributed by atoms with van der Waals surface area (Å²) < 4.78 is 21.7. The number of aromatic nitrogens is 4. The summed E-state index contributed by atoms with van der Waals surface area (Å²) in [6.45, 7) is 2.84. The van der Waals surface area contributed by atoms with Gasteiger partial charge in [-0.05, 0) is 51.5 Å². The summed E-state index contributed by atoms with van der Waals surface area (Å²) in [4.78, 5) is 28.2. The summed E-state index contributed by atoms with van der Waals surface area (Å²) in [5.74, 6) is 0.155. The van der Waals surface area contributed by atoms with Crippen LogP contribution in [-0.2, 0) is 10.3 Å². The summed E-state index contributed by atoms with van der Waals surface area (Å²) in [7, 11) is 0. The van der Waals surface area contributed by atoms with E-state index in [1.165, 1.54) is 0 Å². The molecule has 2 aliphatic rings. The Bertz CT molecular complexity index is 1170. The van der Waals surface area contributed by atoms with Gasteiger partial charge >= 0.3 is 6.03 Å².